The maximum Gasteiger partial charge on any atom is 0.446 e. The van der Waals surface area contributed by atoms with Gasteiger partial charge in [-0.3, -0.25) is 4.57 Å². The number of hydrogen-bond donors (Lipinski definition) is 0. The lowest BCUT2D eigenvalue weighted by atomic mass is 10.1. The predicted octanol–water partition coefficient (Wildman–Crippen LogP) is 9.60. The Hall–Kier alpha value is -0.830. The van der Waals surface area contributed by atoms with E-state index < -0.39 is 18.8 Å². The van der Waals surface area contributed by atoms with Crippen molar-refractivity contribution in [2.24, 2.45) is 0 Å². The lowest BCUT2D eigenvalue weighted by Crippen LogP contribution is -2.15. The second-order valence-electron chi connectivity index (χ2n) is 8.04. The van der Waals surface area contributed by atoms with Gasteiger partial charge < -0.3 is 9.05 Å². The van der Waals surface area contributed by atoms with Crippen molar-refractivity contribution in [1.82, 2.24) is 0 Å². The van der Waals surface area contributed by atoms with Gasteiger partial charge in [-0.15, -0.1) is 11.3 Å². The summed E-state index contributed by atoms with van der Waals surface area (Å²) in [5, 5.41) is 0.976. The van der Waals surface area contributed by atoms with E-state index in [1.165, 1.54) is 23.5 Å². The summed E-state index contributed by atoms with van der Waals surface area (Å²) in [6, 6.07) is 14.0. The smallest absolute Gasteiger partial charge is 0.305 e. The maximum atomic E-state index is 14.2. The zero-order valence-electron chi connectivity index (χ0n) is 18.6. The molecule has 0 saturated carbocycles. The van der Waals surface area contributed by atoms with Gasteiger partial charge in [0.15, 0.2) is 0 Å². The van der Waals surface area contributed by atoms with Gasteiger partial charge in [-0.1, -0.05) is 30.3 Å². The Kier molecular flexibility index (Phi) is 8.79. The van der Waals surface area contributed by atoms with E-state index in [0.29, 0.717) is 5.56 Å². The molecule has 0 amide bonds. The van der Waals surface area contributed by atoms with Crippen LogP contribution in [0, 0.1) is 0 Å². The highest BCUT2D eigenvalue weighted by Crippen LogP contribution is 2.66. The second-order valence-corrected chi connectivity index (χ2v) is 13.2. The molecule has 1 unspecified atom stereocenters. The maximum absolute atomic E-state index is 14.2. The molecule has 1 heterocycles. The first kappa shape index (κ1) is 26.8. The monoisotopic (exact) mass is 580 g/mol. The van der Waals surface area contributed by atoms with Gasteiger partial charge in [-0.05, 0) is 85.6 Å². The summed E-state index contributed by atoms with van der Waals surface area (Å²) in [4.78, 5) is 0.869. The average molecular weight is 581 g/mol. The number of rotatable bonds is 9. The lowest BCUT2D eigenvalue weighted by molar-refractivity contribution is -0.0328. The molecule has 0 fully saturated rings. The van der Waals surface area contributed by atoms with Crippen LogP contribution in [0.4, 0.5) is 13.2 Å². The zero-order chi connectivity index (χ0) is 24.4. The number of alkyl halides is 3. The number of halogens is 4. The van der Waals surface area contributed by atoms with Crippen molar-refractivity contribution >= 4 is 56.7 Å². The molecule has 180 valence electrons. The van der Waals surface area contributed by atoms with Crippen molar-refractivity contribution < 1.29 is 26.8 Å². The van der Waals surface area contributed by atoms with Crippen molar-refractivity contribution in [3.05, 3.63) is 63.4 Å². The van der Waals surface area contributed by atoms with E-state index >= 15 is 0 Å². The molecule has 0 aliphatic heterocycles. The highest BCUT2D eigenvalue weighted by atomic mass is 79.9. The molecule has 0 radical (unpaired) electrons. The van der Waals surface area contributed by atoms with Crippen molar-refractivity contribution in [3.8, 4) is 0 Å². The van der Waals surface area contributed by atoms with Crippen molar-refractivity contribution in [2.75, 3.05) is 0 Å². The Morgan fingerprint density at radius 1 is 1.03 bits per heavy atom. The van der Waals surface area contributed by atoms with Gasteiger partial charge in [0.2, 0.25) is 0 Å². The minimum atomic E-state index is -4.39. The molecule has 0 saturated heterocycles. The molecule has 10 heteroatoms. The predicted molar refractivity (Wildman–Crippen MR) is 134 cm³/mol. The Morgan fingerprint density at radius 2 is 1.67 bits per heavy atom. The summed E-state index contributed by atoms with van der Waals surface area (Å²) < 4.78 is 66.7. The summed E-state index contributed by atoms with van der Waals surface area (Å²) in [5.74, 6) is 0. The van der Waals surface area contributed by atoms with Crippen molar-refractivity contribution in [2.45, 2.75) is 62.4 Å². The van der Waals surface area contributed by atoms with Crippen LogP contribution in [0.15, 0.2) is 57.9 Å². The quantitative estimate of drug-likeness (QED) is 0.186. The Morgan fingerprint density at radius 3 is 2.24 bits per heavy atom. The van der Waals surface area contributed by atoms with E-state index in [-0.39, 0.29) is 35.3 Å². The van der Waals surface area contributed by atoms with Gasteiger partial charge in [-0.2, -0.15) is 13.2 Å². The Bertz CT molecular complexity index is 1130. The van der Waals surface area contributed by atoms with E-state index in [0.717, 1.165) is 19.4 Å². The molecule has 3 rings (SSSR count). The minimum Gasteiger partial charge on any atom is -0.305 e. The van der Waals surface area contributed by atoms with Crippen LogP contribution in [0.25, 0.3) is 10.1 Å². The topological polar surface area (TPSA) is 35.5 Å². The molecule has 3 aromatic rings. The SMILES string of the molecule is CC(C)OP(=O)(OC(C)C)C(Cc1cccc(SC(F)(F)F)c1)c1sc2ccccc2c1Br. The fourth-order valence-corrected chi connectivity index (χ4v) is 9.24. The zero-order valence-corrected chi connectivity index (χ0v) is 22.7. The van der Waals surface area contributed by atoms with Crippen LogP contribution in [0.1, 0.15) is 43.8 Å². The third kappa shape index (κ3) is 7.09. The standard InChI is InChI=1S/C23H25BrF3O3PS2/c1-14(2)29-31(28,30-15(3)4)19(22-21(24)18-10-5-6-11-20(18)32-22)13-16-8-7-9-17(12-16)33-23(25,26)27/h5-12,14-15,19H,13H2,1-4H3. The molecule has 1 aromatic heterocycles. The highest BCUT2D eigenvalue weighted by molar-refractivity contribution is 9.10. The van der Waals surface area contributed by atoms with Gasteiger partial charge in [0, 0.05) is 24.3 Å². The molecule has 0 aliphatic carbocycles. The van der Waals surface area contributed by atoms with Crippen LogP contribution in [-0.4, -0.2) is 17.7 Å². The fourth-order valence-electron chi connectivity index (χ4n) is 3.45. The number of benzene rings is 2. The normalized spacial score (nSPS) is 13.9. The largest absolute Gasteiger partial charge is 0.446 e. The van der Waals surface area contributed by atoms with E-state index in [9.17, 15) is 17.7 Å². The van der Waals surface area contributed by atoms with Gasteiger partial charge in [0.1, 0.15) is 5.66 Å². The molecule has 1 atom stereocenters. The molecule has 33 heavy (non-hydrogen) atoms. The van der Waals surface area contributed by atoms with Gasteiger partial charge >= 0.3 is 13.1 Å². The summed E-state index contributed by atoms with van der Waals surface area (Å²) in [6.07, 6.45) is -0.524. The van der Waals surface area contributed by atoms with Crippen LogP contribution in [-0.2, 0) is 20.0 Å². The number of hydrogen-bond acceptors (Lipinski definition) is 5. The molecule has 2 aromatic carbocycles. The second kappa shape index (κ2) is 10.8. The van der Waals surface area contributed by atoms with Crippen LogP contribution < -0.4 is 0 Å². The average Bonchev–Trinajstić information content (AvgIpc) is 3.00. The van der Waals surface area contributed by atoms with E-state index in [4.69, 9.17) is 9.05 Å². The number of thiophene rings is 1. The van der Waals surface area contributed by atoms with Crippen LogP contribution >= 0.6 is 46.6 Å². The fraction of sp³-hybridized carbons (Fsp3) is 0.391. The van der Waals surface area contributed by atoms with Gasteiger partial charge in [0.25, 0.3) is 0 Å². The Balaban J connectivity index is 2.12. The van der Waals surface area contributed by atoms with Gasteiger partial charge in [-0.25, -0.2) is 0 Å². The van der Waals surface area contributed by atoms with E-state index in [1.807, 2.05) is 24.3 Å². The van der Waals surface area contributed by atoms with E-state index in [2.05, 4.69) is 15.9 Å². The lowest BCUT2D eigenvalue weighted by Gasteiger charge is -2.30. The molecule has 0 aliphatic rings. The highest BCUT2D eigenvalue weighted by Gasteiger charge is 2.41. The third-order valence-electron chi connectivity index (χ3n) is 4.52. The molecule has 3 nitrogen and oxygen atoms in total. The summed E-state index contributed by atoms with van der Waals surface area (Å²) in [5.41, 5.74) is -4.46. The van der Waals surface area contributed by atoms with Crippen LogP contribution in [0.3, 0.4) is 0 Å². The van der Waals surface area contributed by atoms with Gasteiger partial charge in [0.05, 0.1) is 12.2 Å². The summed E-state index contributed by atoms with van der Waals surface area (Å²) in [7, 11) is -3.72. The molecular formula is C23H25BrF3O3PS2. The Labute approximate surface area is 208 Å². The molecule has 0 spiro atoms. The molecular weight excluding hydrogens is 556 g/mol. The first-order chi connectivity index (χ1) is 15.4. The first-order valence-electron chi connectivity index (χ1n) is 10.4. The van der Waals surface area contributed by atoms with E-state index in [1.54, 1.807) is 39.8 Å². The minimum absolute atomic E-state index is 0.0820. The summed E-state index contributed by atoms with van der Waals surface area (Å²) >= 11 is 4.99. The van der Waals surface area contributed by atoms with Crippen molar-refractivity contribution in [3.63, 3.8) is 0 Å². The first-order valence-corrected chi connectivity index (χ1v) is 14.4. The molecule has 0 N–H and O–H groups in total. The van der Waals surface area contributed by atoms with Crippen molar-refractivity contribution in [1.29, 1.82) is 0 Å². The number of fused-ring (bicyclic) bond motifs is 1. The molecule has 0 bridgehead atoms. The third-order valence-corrected chi connectivity index (χ3v) is 10.5. The number of thioether (sulfide) groups is 1. The van der Waals surface area contributed by atoms with Crippen LogP contribution in [0.2, 0.25) is 0 Å². The van der Waals surface area contributed by atoms with Crippen LogP contribution in [0.5, 0.6) is 0 Å². The summed E-state index contributed by atoms with van der Waals surface area (Å²) in [6.45, 7) is 7.14.